The van der Waals surface area contributed by atoms with Gasteiger partial charge in [-0.3, -0.25) is 4.79 Å². The molecular formula is C26H25BrN4O2. The third kappa shape index (κ3) is 5.14. The SMILES string of the molecule is Cc1cccc(COc2cc(N(C)C)ccc2C=Nn2c(C)nc3ccc(Br)cc3c2=O)c1. The first kappa shape index (κ1) is 22.7. The minimum atomic E-state index is -0.220. The van der Waals surface area contributed by atoms with Gasteiger partial charge in [-0.25, -0.2) is 4.98 Å². The summed E-state index contributed by atoms with van der Waals surface area (Å²) in [4.78, 5) is 19.6. The summed E-state index contributed by atoms with van der Waals surface area (Å²) in [5.41, 5.74) is 4.48. The summed E-state index contributed by atoms with van der Waals surface area (Å²) in [7, 11) is 3.96. The van der Waals surface area contributed by atoms with Crippen molar-refractivity contribution < 1.29 is 4.74 Å². The van der Waals surface area contributed by atoms with E-state index in [1.165, 1.54) is 10.2 Å². The molecule has 0 aliphatic heterocycles. The fourth-order valence-electron chi connectivity index (χ4n) is 3.51. The molecule has 1 heterocycles. The fourth-order valence-corrected chi connectivity index (χ4v) is 3.87. The van der Waals surface area contributed by atoms with Gasteiger partial charge in [0.2, 0.25) is 0 Å². The molecular weight excluding hydrogens is 480 g/mol. The first-order valence-electron chi connectivity index (χ1n) is 10.5. The maximum atomic E-state index is 13.0. The number of anilines is 1. The summed E-state index contributed by atoms with van der Waals surface area (Å²) in [5.74, 6) is 1.20. The van der Waals surface area contributed by atoms with E-state index in [-0.39, 0.29) is 5.56 Å². The van der Waals surface area contributed by atoms with Crippen LogP contribution in [-0.2, 0) is 6.61 Å². The average molecular weight is 505 g/mol. The first-order chi connectivity index (χ1) is 15.8. The quantitative estimate of drug-likeness (QED) is 0.334. The van der Waals surface area contributed by atoms with Crippen molar-refractivity contribution in [3.63, 3.8) is 0 Å². The van der Waals surface area contributed by atoms with Crippen molar-refractivity contribution in [1.29, 1.82) is 0 Å². The number of hydrogen-bond donors (Lipinski definition) is 0. The third-order valence-electron chi connectivity index (χ3n) is 5.27. The molecule has 0 aliphatic carbocycles. The van der Waals surface area contributed by atoms with Crippen LogP contribution in [0.15, 0.2) is 75.0 Å². The Morgan fingerprint density at radius 2 is 1.91 bits per heavy atom. The Hall–Kier alpha value is -3.45. The summed E-state index contributed by atoms with van der Waals surface area (Å²) in [6.45, 7) is 4.26. The summed E-state index contributed by atoms with van der Waals surface area (Å²) in [6, 6.07) is 19.6. The zero-order valence-corrected chi connectivity index (χ0v) is 20.6. The van der Waals surface area contributed by atoms with E-state index in [9.17, 15) is 4.79 Å². The molecule has 0 saturated carbocycles. The van der Waals surface area contributed by atoms with E-state index in [1.807, 2.05) is 61.5 Å². The Labute approximate surface area is 201 Å². The number of aryl methyl sites for hydroxylation is 2. The van der Waals surface area contributed by atoms with Crippen LogP contribution in [0.25, 0.3) is 10.9 Å². The Morgan fingerprint density at radius 3 is 2.67 bits per heavy atom. The molecule has 1 aromatic heterocycles. The van der Waals surface area contributed by atoms with Gasteiger partial charge in [0.05, 0.1) is 17.1 Å². The van der Waals surface area contributed by atoms with Gasteiger partial charge in [0, 0.05) is 35.9 Å². The molecule has 0 aliphatic rings. The number of rotatable bonds is 6. The molecule has 0 spiro atoms. The van der Waals surface area contributed by atoms with E-state index < -0.39 is 0 Å². The minimum absolute atomic E-state index is 0.220. The summed E-state index contributed by atoms with van der Waals surface area (Å²) in [6.07, 6.45) is 1.64. The van der Waals surface area contributed by atoms with Crippen LogP contribution in [0.2, 0.25) is 0 Å². The molecule has 0 unspecified atom stereocenters. The lowest BCUT2D eigenvalue weighted by Crippen LogP contribution is -2.20. The van der Waals surface area contributed by atoms with Crippen LogP contribution in [0.5, 0.6) is 5.75 Å². The molecule has 3 aromatic carbocycles. The average Bonchev–Trinajstić information content (AvgIpc) is 2.78. The van der Waals surface area contributed by atoms with E-state index >= 15 is 0 Å². The summed E-state index contributed by atoms with van der Waals surface area (Å²) in [5, 5.41) is 4.97. The van der Waals surface area contributed by atoms with E-state index in [2.05, 4.69) is 45.1 Å². The maximum absolute atomic E-state index is 13.0. The first-order valence-corrected chi connectivity index (χ1v) is 11.3. The predicted octanol–water partition coefficient (Wildman–Crippen LogP) is 5.30. The van der Waals surface area contributed by atoms with Crippen molar-refractivity contribution >= 4 is 38.7 Å². The van der Waals surface area contributed by atoms with Crippen molar-refractivity contribution in [1.82, 2.24) is 9.66 Å². The van der Waals surface area contributed by atoms with Crippen LogP contribution < -0.4 is 15.2 Å². The number of ether oxygens (including phenoxy) is 1. The Kier molecular flexibility index (Phi) is 6.60. The smallest absolute Gasteiger partial charge is 0.282 e. The monoisotopic (exact) mass is 504 g/mol. The molecule has 7 heteroatoms. The zero-order chi connectivity index (χ0) is 23.5. The number of halogens is 1. The molecule has 6 nitrogen and oxygen atoms in total. The van der Waals surface area contributed by atoms with Crippen molar-refractivity contribution in [2.24, 2.45) is 5.10 Å². The summed E-state index contributed by atoms with van der Waals surface area (Å²) >= 11 is 3.42. The molecule has 0 amide bonds. The van der Waals surface area contributed by atoms with E-state index in [0.29, 0.717) is 29.1 Å². The van der Waals surface area contributed by atoms with Gasteiger partial charge in [0.15, 0.2) is 0 Å². The van der Waals surface area contributed by atoms with Crippen LogP contribution in [-0.4, -0.2) is 30.0 Å². The molecule has 0 fully saturated rings. The van der Waals surface area contributed by atoms with Crippen LogP contribution in [0.3, 0.4) is 0 Å². The highest BCUT2D eigenvalue weighted by Gasteiger charge is 2.10. The number of benzene rings is 3. The van der Waals surface area contributed by atoms with Gasteiger partial charge in [-0.05, 0) is 49.7 Å². The lowest BCUT2D eigenvalue weighted by atomic mass is 10.1. The molecule has 0 saturated heterocycles. The van der Waals surface area contributed by atoms with Gasteiger partial charge in [-0.2, -0.15) is 9.78 Å². The number of hydrogen-bond acceptors (Lipinski definition) is 5. The largest absolute Gasteiger partial charge is 0.488 e. The fraction of sp³-hybridized carbons (Fsp3) is 0.192. The predicted molar refractivity (Wildman–Crippen MR) is 138 cm³/mol. The highest BCUT2D eigenvalue weighted by Crippen LogP contribution is 2.25. The zero-order valence-electron chi connectivity index (χ0n) is 19.0. The second-order valence-corrected chi connectivity index (χ2v) is 8.99. The van der Waals surface area contributed by atoms with Gasteiger partial charge in [-0.15, -0.1) is 0 Å². The second kappa shape index (κ2) is 9.58. The van der Waals surface area contributed by atoms with E-state index in [4.69, 9.17) is 4.74 Å². The van der Waals surface area contributed by atoms with Crippen LogP contribution >= 0.6 is 15.9 Å². The molecule has 33 heavy (non-hydrogen) atoms. The van der Waals surface area contributed by atoms with Crippen molar-refractivity contribution in [3.8, 4) is 5.75 Å². The van der Waals surface area contributed by atoms with Gasteiger partial charge in [0.1, 0.15) is 18.2 Å². The minimum Gasteiger partial charge on any atom is -0.488 e. The Morgan fingerprint density at radius 1 is 1.09 bits per heavy atom. The Balaban J connectivity index is 1.70. The molecule has 0 bridgehead atoms. The van der Waals surface area contributed by atoms with Crippen molar-refractivity contribution in [2.45, 2.75) is 20.5 Å². The van der Waals surface area contributed by atoms with E-state index in [0.717, 1.165) is 21.3 Å². The van der Waals surface area contributed by atoms with Gasteiger partial charge in [0.25, 0.3) is 5.56 Å². The van der Waals surface area contributed by atoms with Crippen LogP contribution in [0.4, 0.5) is 5.69 Å². The van der Waals surface area contributed by atoms with E-state index in [1.54, 1.807) is 19.2 Å². The number of aromatic nitrogens is 2. The lowest BCUT2D eigenvalue weighted by molar-refractivity contribution is 0.306. The van der Waals surface area contributed by atoms with Gasteiger partial charge < -0.3 is 9.64 Å². The molecule has 168 valence electrons. The van der Waals surface area contributed by atoms with Crippen molar-refractivity contribution in [2.75, 3.05) is 19.0 Å². The van der Waals surface area contributed by atoms with Gasteiger partial charge in [-0.1, -0.05) is 45.8 Å². The standard InChI is InChI=1S/C26H25BrN4O2/c1-17-6-5-7-19(12-17)16-33-25-14-22(30(3)4)10-8-20(25)15-28-31-18(2)29-24-11-9-21(27)13-23(24)26(31)32/h5-15H,16H2,1-4H3. The maximum Gasteiger partial charge on any atom is 0.282 e. The molecule has 4 aromatic rings. The normalized spacial score (nSPS) is 11.3. The van der Waals surface area contributed by atoms with Crippen LogP contribution in [0.1, 0.15) is 22.5 Å². The van der Waals surface area contributed by atoms with Crippen molar-refractivity contribution in [3.05, 3.63) is 98.0 Å². The topological polar surface area (TPSA) is 59.7 Å². The van der Waals surface area contributed by atoms with Crippen LogP contribution in [0, 0.1) is 13.8 Å². The summed E-state index contributed by atoms with van der Waals surface area (Å²) < 4.78 is 8.31. The molecule has 0 N–H and O–H groups in total. The molecule has 0 radical (unpaired) electrons. The second-order valence-electron chi connectivity index (χ2n) is 8.08. The highest BCUT2D eigenvalue weighted by molar-refractivity contribution is 9.10. The lowest BCUT2D eigenvalue weighted by Gasteiger charge is -2.16. The molecule has 4 rings (SSSR count). The molecule has 0 atom stereocenters. The number of nitrogens with zero attached hydrogens (tertiary/aromatic N) is 4. The third-order valence-corrected chi connectivity index (χ3v) is 5.77. The number of fused-ring (bicyclic) bond motifs is 1. The Bertz CT molecular complexity index is 1410. The van der Waals surface area contributed by atoms with Gasteiger partial charge >= 0.3 is 0 Å². The highest BCUT2D eigenvalue weighted by atomic mass is 79.9.